The van der Waals surface area contributed by atoms with Crippen molar-refractivity contribution in [3.63, 3.8) is 0 Å². The zero-order chi connectivity index (χ0) is 11.7. The number of rotatable bonds is 3. The first-order valence-electron chi connectivity index (χ1n) is 5.85. The van der Waals surface area contributed by atoms with Crippen molar-refractivity contribution in [3.8, 4) is 0 Å². The van der Waals surface area contributed by atoms with Crippen LogP contribution in [0, 0.1) is 0 Å². The van der Waals surface area contributed by atoms with Gasteiger partial charge < -0.3 is 4.90 Å². The van der Waals surface area contributed by atoms with Gasteiger partial charge in [-0.15, -0.1) is 0 Å². The Morgan fingerprint density at radius 3 is 1.42 bits per heavy atom. The fourth-order valence-electron chi connectivity index (χ4n) is 1.06. The minimum Gasteiger partial charge on any atom is -0.307 e. The molecule has 0 unspecified atom stereocenters. The van der Waals surface area contributed by atoms with Crippen LogP contribution >= 0.6 is 0 Å². The first kappa shape index (κ1) is 31.6. The third-order valence-electron chi connectivity index (χ3n) is 2.55. The van der Waals surface area contributed by atoms with Gasteiger partial charge in [-0.2, -0.15) is 0 Å². The zero-order valence-electron chi connectivity index (χ0n) is 11.4. The summed E-state index contributed by atoms with van der Waals surface area (Å²) < 4.78 is 0. The molecule has 1 rings (SSSR count). The Morgan fingerprint density at radius 2 is 1.26 bits per heavy atom. The van der Waals surface area contributed by atoms with Crippen LogP contribution in [0.15, 0.2) is 30.3 Å². The summed E-state index contributed by atoms with van der Waals surface area (Å²) in [6.07, 6.45) is 0. The van der Waals surface area contributed by atoms with Crippen molar-refractivity contribution in [1.82, 2.24) is 4.90 Å². The van der Waals surface area contributed by atoms with E-state index in [1.807, 2.05) is 6.07 Å². The van der Waals surface area contributed by atoms with E-state index >= 15 is 0 Å². The molecule has 0 amide bonds. The topological polar surface area (TPSA) is 3.24 Å². The van der Waals surface area contributed by atoms with Gasteiger partial charge in [0.2, 0.25) is 0 Å². The molecular weight excluding hydrogens is 307 g/mol. The number of hydrogen-bond acceptors (Lipinski definition) is 1. The van der Waals surface area contributed by atoms with E-state index in [2.05, 4.69) is 63.9 Å². The van der Waals surface area contributed by atoms with Crippen molar-refractivity contribution in [2.75, 3.05) is 20.1 Å². The predicted molar refractivity (Wildman–Crippen MR) is 89.6 cm³/mol. The molecule has 0 saturated carbocycles. The minimum absolute atomic E-state index is 0. The summed E-state index contributed by atoms with van der Waals surface area (Å²) in [5.41, 5.74) is 1.41. The van der Waals surface area contributed by atoms with Gasteiger partial charge in [0.1, 0.15) is 0 Å². The fraction of sp³-hybridized carbons (Fsp3) is 0.647. The molecule has 0 bridgehead atoms. The van der Waals surface area contributed by atoms with Gasteiger partial charge in [-0.05, 0) is 31.6 Å². The quantitative estimate of drug-likeness (QED) is 0.682. The second-order valence-electron chi connectivity index (χ2n) is 4.05. The molecular formula is C17H37NY. The summed E-state index contributed by atoms with van der Waals surface area (Å²) in [6, 6.07) is 10.5. The maximum Gasteiger partial charge on any atom is 0 e. The Hall–Kier alpha value is 0.284. The number of nitrogens with zero attached hydrogens (tertiary/aromatic N) is 1. The smallest absolute Gasteiger partial charge is 0 e. The van der Waals surface area contributed by atoms with Crippen molar-refractivity contribution in [2.45, 2.75) is 55.9 Å². The van der Waals surface area contributed by atoms with Crippen LogP contribution in [0.2, 0.25) is 0 Å². The van der Waals surface area contributed by atoms with Crippen LogP contribution in [-0.2, 0) is 32.7 Å². The number of hydrogen-bond donors (Lipinski definition) is 0. The monoisotopic (exact) mass is 344 g/mol. The summed E-state index contributed by atoms with van der Waals surface area (Å²) in [5.74, 6) is 0.659. The first-order valence-corrected chi connectivity index (χ1v) is 5.85. The van der Waals surface area contributed by atoms with E-state index in [1.54, 1.807) is 0 Å². The van der Waals surface area contributed by atoms with E-state index in [-0.39, 0.29) is 55.0 Å². The molecule has 0 N–H and O–H groups in total. The van der Waals surface area contributed by atoms with Crippen molar-refractivity contribution in [3.05, 3.63) is 35.9 Å². The summed E-state index contributed by atoms with van der Waals surface area (Å²) in [6.45, 7) is 11.0. The molecule has 0 fully saturated rings. The van der Waals surface area contributed by atoms with Gasteiger partial charge >= 0.3 is 0 Å². The van der Waals surface area contributed by atoms with Crippen LogP contribution in [0.5, 0.6) is 0 Å². The van der Waals surface area contributed by atoms with Gasteiger partial charge in [-0.25, -0.2) is 0 Å². The van der Waals surface area contributed by atoms with Crippen LogP contribution in [0.1, 0.15) is 61.5 Å². The van der Waals surface area contributed by atoms with Gasteiger partial charge in [-0.1, -0.05) is 80.3 Å². The van der Waals surface area contributed by atoms with Gasteiger partial charge in [0.05, 0.1) is 0 Å². The Kier molecular flexibility index (Phi) is 34.3. The average molecular weight is 344 g/mol. The molecule has 0 heterocycles. The average Bonchev–Trinajstić information content (AvgIpc) is 2.30. The molecule has 1 aromatic carbocycles. The van der Waals surface area contributed by atoms with E-state index in [4.69, 9.17) is 0 Å². The number of benzene rings is 1. The molecule has 0 aromatic heterocycles. The Balaban J connectivity index is -0.0000000599. The van der Waals surface area contributed by atoms with Crippen molar-refractivity contribution in [1.29, 1.82) is 0 Å². The van der Waals surface area contributed by atoms with Crippen LogP contribution in [0.25, 0.3) is 0 Å². The Bertz CT molecular complexity index is 230. The van der Waals surface area contributed by atoms with Crippen LogP contribution in [-0.4, -0.2) is 25.0 Å². The minimum atomic E-state index is 0. The van der Waals surface area contributed by atoms with Crippen molar-refractivity contribution in [2.24, 2.45) is 0 Å². The molecule has 0 aliphatic rings. The van der Waals surface area contributed by atoms with Crippen LogP contribution in [0.3, 0.4) is 0 Å². The van der Waals surface area contributed by atoms with Crippen LogP contribution < -0.4 is 0 Å². The largest absolute Gasteiger partial charge is 0.307 e. The molecule has 19 heavy (non-hydrogen) atoms. The molecule has 1 radical (unpaired) electrons. The molecule has 113 valence electrons. The molecule has 2 heteroatoms. The SMILES string of the molecule is C.C.C.CC(C)c1ccccc1.CCN(C)CC.[Y]. The van der Waals surface area contributed by atoms with Crippen LogP contribution in [0.4, 0.5) is 0 Å². The zero-order valence-corrected chi connectivity index (χ0v) is 14.2. The summed E-state index contributed by atoms with van der Waals surface area (Å²) in [7, 11) is 2.11. The first-order chi connectivity index (χ1) is 7.11. The fourth-order valence-corrected chi connectivity index (χ4v) is 1.06. The standard InChI is InChI=1S/C9H12.C5H13N.3CH4.Y/c1-8(2)9-6-4-3-5-7-9;1-4-6(3)5-2;;;;/h3-8H,1-2H3;4-5H2,1-3H3;3*1H4;. The Morgan fingerprint density at radius 1 is 0.895 bits per heavy atom. The normalized spacial score (nSPS) is 7.95. The molecule has 1 aromatic rings. The molecule has 0 aliphatic carbocycles. The second-order valence-corrected chi connectivity index (χ2v) is 4.05. The molecule has 0 atom stereocenters. The van der Waals surface area contributed by atoms with E-state index in [1.165, 1.54) is 5.56 Å². The maximum atomic E-state index is 2.25. The Labute approximate surface area is 149 Å². The molecule has 1 nitrogen and oxygen atoms in total. The summed E-state index contributed by atoms with van der Waals surface area (Å²) in [4.78, 5) is 2.25. The molecule has 0 saturated heterocycles. The second kappa shape index (κ2) is 20.6. The van der Waals surface area contributed by atoms with Crippen molar-refractivity contribution < 1.29 is 32.7 Å². The van der Waals surface area contributed by atoms with E-state index in [0.29, 0.717) is 5.92 Å². The van der Waals surface area contributed by atoms with E-state index < -0.39 is 0 Å². The van der Waals surface area contributed by atoms with Gasteiger partial charge in [0.15, 0.2) is 0 Å². The maximum absolute atomic E-state index is 2.25. The van der Waals surface area contributed by atoms with E-state index in [0.717, 1.165) is 13.1 Å². The third kappa shape index (κ3) is 18.3. The third-order valence-corrected chi connectivity index (χ3v) is 2.55. The van der Waals surface area contributed by atoms with Gasteiger partial charge in [0.25, 0.3) is 0 Å². The van der Waals surface area contributed by atoms with Crippen molar-refractivity contribution >= 4 is 0 Å². The summed E-state index contributed by atoms with van der Waals surface area (Å²) in [5, 5.41) is 0. The predicted octanol–water partition coefficient (Wildman–Crippen LogP) is 5.67. The van der Waals surface area contributed by atoms with E-state index in [9.17, 15) is 0 Å². The van der Waals surface area contributed by atoms with Gasteiger partial charge in [-0.3, -0.25) is 0 Å². The van der Waals surface area contributed by atoms with Gasteiger partial charge in [0, 0.05) is 32.7 Å². The molecule has 0 spiro atoms. The summed E-state index contributed by atoms with van der Waals surface area (Å²) >= 11 is 0. The molecule has 0 aliphatic heterocycles.